The summed E-state index contributed by atoms with van der Waals surface area (Å²) in [6.07, 6.45) is 12.4. The summed E-state index contributed by atoms with van der Waals surface area (Å²) in [6.45, 7) is 7.00. The van der Waals surface area contributed by atoms with Crippen LogP contribution in [0.5, 0.6) is 0 Å². The smallest absolute Gasteiger partial charge is 0.224 e. The molecule has 0 radical (unpaired) electrons. The van der Waals surface area contributed by atoms with Crippen LogP contribution in [0.3, 0.4) is 0 Å². The highest BCUT2D eigenvalue weighted by Crippen LogP contribution is 2.37. The van der Waals surface area contributed by atoms with Crippen molar-refractivity contribution < 1.29 is 4.79 Å². The number of nitrogens with one attached hydrogen (secondary N) is 1. The second kappa shape index (κ2) is 8.29. The lowest BCUT2D eigenvalue weighted by molar-refractivity contribution is -0.133. The highest BCUT2D eigenvalue weighted by atomic mass is 16.2. The van der Waals surface area contributed by atoms with Crippen molar-refractivity contribution in [3.8, 4) is 0 Å². The average molecular weight is 374 g/mol. The molecule has 0 aromatic carbocycles. The zero-order valence-electron chi connectivity index (χ0n) is 16.9. The summed E-state index contributed by atoms with van der Waals surface area (Å²) in [4.78, 5) is 15.0. The maximum atomic E-state index is 12.5. The zero-order chi connectivity index (χ0) is 18.8. The Balaban J connectivity index is 1.31. The van der Waals surface area contributed by atoms with E-state index in [9.17, 15) is 4.79 Å². The molecular formula is C21H35N5O. The first-order chi connectivity index (χ1) is 13.1. The highest BCUT2D eigenvalue weighted by molar-refractivity contribution is 5.79. The van der Waals surface area contributed by atoms with E-state index in [1.807, 2.05) is 18.5 Å². The molecule has 4 heterocycles. The van der Waals surface area contributed by atoms with Crippen molar-refractivity contribution in [1.82, 2.24) is 25.2 Å². The van der Waals surface area contributed by atoms with Gasteiger partial charge < -0.3 is 5.32 Å². The molecule has 6 nitrogen and oxygen atoms in total. The molecule has 3 saturated heterocycles. The monoisotopic (exact) mass is 373 g/mol. The third kappa shape index (κ3) is 4.53. The quantitative estimate of drug-likeness (QED) is 0.833. The molecule has 4 atom stereocenters. The fourth-order valence-corrected chi connectivity index (χ4v) is 5.44. The minimum absolute atomic E-state index is 0.162. The summed E-state index contributed by atoms with van der Waals surface area (Å²) < 4.78 is 2.05. The molecule has 1 aromatic heterocycles. The molecule has 1 N–H and O–H groups in total. The van der Waals surface area contributed by atoms with Crippen molar-refractivity contribution in [3.63, 3.8) is 0 Å². The molecular weight excluding hydrogens is 338 g/mol. The molecule has 2 bridgehead atoms. The van der Waals surface area contributed by atoms with Crippen LogP contribution in [-0.2, 0) is 17.8 Å². The van der Waals surface area contributed by atoms with Gasteiger partial charge in [0.05, 0.1) is 18.2 Å². The molecule has 1 amide bonds. The topological polar surface area (TPSA) is 63.1 Å². The van der Waals surface area contributed by atoms with Crippen molar-refractivity contribution in [1.29, 1.82) is 0 Å². The second-order valence-corrected chi connectivity index (χ2v) is 9.34. The molecule has 1 aromatic rings. The molecule has 0 spiro atoms. The number of fused-ring (bicyclic) bond motifs is 3. The summed E-state index contributed by atoms with van der Waals surface area (Å²) >= 11 is 0. The van der Waals surface area contributed by atoms with E-state index < -0.39 is 0 Å². The summed E-state index contributed by atoms with van der Waals surface area (Å²) in [7, 11) is 0. The van der Waals surface area contributed by atoms with E-state index in [1.165, 1.54) is 32.1 Å². The number of nitrogens with zero attached hydrogens (tertiary/aromatic N) is 4. The lowest BCUT2D eigenvalue weighted by atomic mass is 9.75. The fourth-order valence-electron chi connectivity index (χ4n) is 5.44. The SMILES string of the molecule is CC(C)NC(=O)C1CN2CCC1CC2Cn1cc(CC2CCCCC2)nn1. The number of carbonyl (C=O) groups is 1. The van der Waals surface area contributed by atoms with E-state index in [4.69, 9.17) is 0 Å². The van der Waals surface area contributed by atoms with E-state index in [-0.39, 0.29) is 17.9 Å². The first kappa shape index (κ1) is 18.9. The third-order valence-corrected chi connectivity index (χ3v) is 6.85. The van der Waals surface area contributed by atoms with Crippen LogP contribution in [0, 0.1) is 17.8 Å². The normalized spacial score (nSPS) is 31.4. The molecule has 4 fully saturated rings. The first-order valence-corrected chi connectivity index (χ1v) is 11.0. The lowest BCUT2D eigenvalue weighted by Gasteiger charge is -2.49. The van der Waals surface area contributed by atoms with Crippen molar-refractivity contribution >= 4 is 5.91 Å². The third-order valence-electron chi connectivity index (χ3n) is 6.85. The van der Waals surface area contributed by atoms with Gasteiger partial charge in [0.2, 0.25) is 5.91 Å². The first-order valence-electron chi connectivity index (χ1n) is 11.0. The van der Waals surface area contributed by atoms with Crippen molar-refractivity contribution in [2.24, 2.45) is 17.8 Å². The molecule has 27 heavy (non-hydrogen) atoms. The van der Waals surface area contributed by atoms with Gasteiger partial charge in [-0.25, -0.2) is 0 Å². The summed E-state index contributed by atoms with van der Waals surface area (Å²) in [6, 6.07) is 0.720. The van der Waals surface area contributed by atoms with Gasteiger partial charge >= 0.3 is 0 Å². The predicted molar refractivity (Wildman–Crippen MR) is 105 cm³/mol. The second-order valence-electron chi connectivity index (χ2n) is 9.34. The van der Waals surface area contributed by atoms with E-state index in [1.54, 1.807) is 0 Å². The minimum atomic E-state index is 0.162. The lowest BCUT2D eigenvalue weighted by Crippen LogP contribution is -2.58. The zero-order valence-corrected chi connectivity index (χ0v) is 16.9. The minimum Gasteiger partial charge on any atom is -0.354 e. The Bertz CT molecular complexity index is 636. The molecule has 4 aliphatic rings. The van der Waals surface area contributed by atoms with Crippen LogP contribution in [0.15, 0.2) is 6.20 Å². The van der Waals surface area contributed by atoms with Gasteiger partial charge in [0.25, 0.3) is 0 Å². The van der Waals surface area contributed by atoms with Crippen LogP contribution in [0.4, 0.5) is 0 Å². The Morgan fingerprint density at radius 3 is 2.78 bits per heavy atom. The van der Waals surface area contributed by atoms with Gasteiger partial charge in [-0.2, -0.15) is 0 Å². The fraction of sp³-hybridized carbons (Fsp3) is 0.857. The maximum Gasteiger partial charge on any atom is 0.224 e. The Morgan fingerprint density at radius 2 is 2.07 bits per heavy atom. The molecule has 1 aliphatic carbocycles. The van der Waals surface area contributed by atoms with Crippen LogP contribution in [-0.4, -0.2) is 51.0 Å². The van der Waals surface area contributed by atoms with E-state index in [0.29, 0.717) is 12.0 Å². The van der Waals surface area contributed by atoms with Crippen molar-refractivity contribution in [3.05, 3.63) is 11.9 Å². The molecule has 5 rings (SSSR count). The average Bonchev–Trinajstić information content (AvgIpc) is 3.09. The predicted octanol–water partition coefficient (Wildman–Crippen LogP) is 2.64. The molecule has 150 valence electrons. The Morgan fingerprint density at radius 1 is 1.26 bits per heavy atom. The van der Waals surface area contributed by atoms with Crippen LogP contribution in [0.25, 0.3) is 0 Å². The van der Waals surface area contributed by atoms with Gasteiger partial charge in [-0.05, 0) is 51.5 Å². The standard InChI is InChI=1S/C21H35N5O/c1-15(2)22-21(27)20-14-25-9-8-17(20)11-19(25)13-26-12-18(23-24-26)10-16-6-4-3-5-7-16/h12,15-17,19-20H,3-11,13-14H2,1-2H3,(H,22,27). The number of rotatable bonds is 6. The number of hydrogen-bond acceptors (Lipinski definition) is 4. The maximum absolute atomic E-state index is 12.5. The molecule has 6 heteroatoms. The van der Waals surface area contributed by atoms with Crippen LogP contribution in [0.1, 0.15) is 64.5 Å². The molecule has 1 saturated carbocycles. The van der Waals surface area contributed by atoms with Gasteiger partial charge in [0.1, 0.15) is 0 Å². The van der Waals surface area contributed by atoms with Crippen molar-refractivity contribution in [2.75, 3.05) is 13.1 Å². The van der Waals surface area contributed by atoms with Crippen LogP contribution < -0.4 is 5.32 Å². The molecule has 4 unspecified atom stereocenters. The Hall–Kier alpha value is -1.43. The number of hydrogen-bond donors (Lipinski definition) is 1. The van der Waals surface area contributed by atoms with E-state index in [2.05, 4.69) is 26.7 Å². The van der Waals surface area contributed by atoms with E-state index in [0.717, 1.165) is 50.5 Å². The van der Waals surface area contributed by atoms with Crippen LogP contribution in [0.2, 0.25) is 0 Å². The highest BCUT2D eigenvalue weighted by Gasteiger charge is 2.43. The van der Waals surface area contributed by atoms with Gasteiger partial charge in [-0.1, -0.05) is 37.3 Å². The summed E-state index contributed by atoms with van der Waals surface area (Å²) in [5.74, 6) is 1.73. The molecule has 3 aliphatic heterocycles. The Kier molecular flexibility index (Phi) is 5.81. The summed E-state index contributed by atoms with van der Waals surface area (Å²) in [5.41, 5.74) is 1.16. The summed E-state index contributed by atoms with van der Waals surface area (Å²) in [5, 5.41) is 12.0. The Labute approximate surface area is 163 Å². The number of aromatic nitrogens is 3. The number of amides is 1. The van der Waals surface area contributed by atoms with E-state index >= 15 is 0 Å². The van der Waals surface area contributed by atoms with Crippen molar-refractivity contribution in [2.45, 2.75) is 83.8 Å². The number of carbonyl (C=O) groups excluding carboxylic acids is 1. The van der Waals surface area contributed by atoms with Gasteiger partial charge in [0, 0.05) is 24.8 Å². The van der Waals surface area contributed by atoms with Gasteiger partial charge in [-0.3, -0.25) is 14.4 Å². The van der Waals surface area contributed by atoms with Gasteiger partial charge in [0.15, 0.2) is 0 Å². The largest absolute Gasteiger partial charge is 0.354 e. The van der Waals surface area contributed by atoms with Gasteiger partial charge in [-0.15, -0.1) is 5.10 Å². The number of piperidine rings is 3. The van der Waals surface area contributed by atoms with Crippen LogP contribution >= 0.6 is 0 Å².